The molecule has 0 aliphatic heterocycles. The van der Waals surface area contributed by atoms with E-state index in [4.69, 9.17) is 11.6 Å². The summed E-state index contributed by atoms with van der Waals surface area (Å²) >= 11 is 5.98. The van der Waals surface area contributed by atoms with E-state index in [0.717, 1.165) is 6.42 Å². The second kappa shape index (κ2) is 3.43. The van der Waals surface area contributed by atoms with Gasteiger partial charge in [-0.2, -0.15) is 0 Å². The van der Waals surface area contributed by atoms with Crippen LogP contribution in [0.15, 0.2) is 11.6 Å². The third-order valence-electron chi connectivity index (χ3n) is 2.08. The first-order chi connectivity index (χ1) is 4.70. The summed E-state index contributed by atoms with van der Waals surface area (Å²) in [6.07, 6.45) is 5.94. The lowest BCUT2D eigenvalue weighted by Gasteiger charge is -2.18. The van der Waals surface area contributed by atoms with Crippen LogP contribution in [0, 0.1) is 5.92 Å². The lowest BCUT2D eigenvalue weighted by molar-refractivity contribution is 0.623. The van der Waals surface area contributed by atoms with Gasteiger partial charge in [0.1, 0.15) is 0 Å². The van der Waals surface area contributed by atoms with E-state index in [1.807, 2.05) is 0 Å². The molecular weight excluding hydrogens is 144 g/mol. The fourth-order valence-electron chi connectivity index (χ4n) is 1.38. The topological polar surface area (TPSA) is 0 Å². The number of allylic oxidation sites excluding steroid dienone is 2. The minimum absolute atomic E-state index is 0.311. The lowest BCUT2D eigenvalue weighted by Crippen LogP contribution is -2.06. The highest BCUT2D eigenvalue weighted by Gasteiger charge is 2.12. The smallest absolute Gasteiger partial charge is 0.0518 e. The number of halogens is 1. The molecule has 0 fully saturated rings. The molecule has 0 aromatic rings. The van der Waals surface area contributed by atoms with Crippen LogP contribution in [0.5, 0.6) is 0 Å². The molecule has 0 heterocycles. The van der Waals surface area contributed by atoms with Gasteiger partial charge in [0.2, 0.25) is 0 Å². The first-order valence-corrected chi connectivity index (χ1v) is 4.48. The molecule has 0 saturated heterocycles. The van der Waals surface area contributed by atoms with Crippen molar-refractivity contribution in [3.8, 4) is 0 Å². The molecule has 0 bridgehead atoms. The van der Waals surface area contributed by atoms with Crippen LogP contribution in [0.1, 0.15) is 33.1 Å². The summed E-state index contributed by atoms with van der Waals surface area (Å²) in [6.45, 7) is 4.47. The van der Waals surface area contributed by atoms with Crippen LogP contribution < -0.4 is 0 Å². The largest absolute Gasteiger partial charge is 0.118 e. The van der Waals surface area contributed by atoms with Crippen LogP contribution in [0.3, 0.4) is 0 Å². The maximum absolute atomic E-state index is 5.98. The van der Waals surface area contributed by atoms with E-state index in [1.165, 1.54) is 12.8 Å². The molecule has 1 unspecified atom stereocenters. The molecule has 1 aliphatic rings. The highest BCUT2D eigenvalue weighted by Crippen LogP contribution is 2.26. The van der Waals surface area contributed by atoms with Gasteiger partial charge in [-0.3, -0.25) is 0 Å². The van der Waals surface area contributed by atoms with Crippen molar-refractivity contribution in [1.82, 2.24) is 0 Å². The summed E-state index contributed by atoms with van der Waals surface area (Å²) < 4.78 is 0. The van der Waals surface area contributed by atoms with Crippen LogP contribution in [-0.2, 0) is 0 Å². The maximum atomic E-state index is 5.98. The SMILES string of the molecule is CC(C)C1=CC(Cl)CCC1. The fourth-order valence-corrected chi connectivity index (χ4v) is 1.70. The van der Waals surface area contributed by atoms with Gasteiger partial charge in [0.05, 0.1) is 5.38 Å². The van der Waals surface area contributed by atoms with Crippen LogP contribution in [-0.4, -0.2) is 5.38 Å². The Morgan fingerprint density at radius 3 is 2.70 bits per heavy atom. The summed E-state index contributed by atoms with van der Waals surface area (Å²) in [5.41, 5.74) is 1.55. The Kier molecular flexibility index (Phi) is 2.79. The zero-order chi connectivity index (χ0) is 7.56. The van der Waals surface area contributed by atoms with Crippen LogP contribution in [0.2, 0.25) is 0 Å². The molecule has 0 aromatic carbocycles. The molecule has 0 spiro atoms. The third kappa shape index (κ3) is 2.02. The van der Waals surface area contributed by atoms with Crippen molar-refractivity contribution in [2.75, 3.05) is 0 Å². The van der Waals surface area contributed by atoms with Crippen LogP contribution in [0.25, 0.3) is 0 Å². The molecular formula is C9H15Cl. The monoisotopic (exact) mass is 158 g/mol. The number of hydrogen-bond acceptors (Lipinski definition) is 0. The van der Waals surface area contributed by atoms with Crippen molar-refractivity contribution in [3.63, 3.8) is 0 Å². The molecule has 0 aromatic heterocycles. The van der Waals surface area contributed by atoms with E-state index < -0.39 is 0 Å². The van der Waals surface area contributed by atoms with Gasteiger partial charge >= 0.3 is 0 Å². The van der Waals surface area contributed by atoms with E-state index >= 15 is 0 Å². The molecule has 1 atom stereocenters. The summed E-state index contributed by atoms with van der Waals surface area (Å²) in [6, 6.07) is 0. The Hall–Kier alpha value is 0.0300. The first kappa shape index (κ1) is 8.13. The fraction of sp³-hybridized carbons (Fsp3) is 0.778. The zero-order valence-electron chi connectivity index (χ0n) is 6.73. The van der Waals surface area contributed by atoms with E-state index in [9.17, 15) is 0 Å². The molecule has 0 saturated carbocycles. The van der Waals surface area contributed by atoms with Crippen LogP contribution >= 0.6 is 11.6 Å². The first-order valence-electron chi connectivity index (χ1n) is 4.05. The van der Waals surface area contributed by atoms with E-state index in [1.54, 1.807) is 5.57 Å². The Bertz CT molecular complexity index is 136. The van der Waals surface area contributed by atoms with Crippen molar-refractivity contribution in [3.05, 3.63) is 11.6 Å². The number of alkyl halides is 1. The maximum Gasteiger partial charge on any atom is 0.0518 e. The van der Waals surface area contributed by atoms with Gasteiger partial charge in [-0.15, -0.1) is 11.6 Å². The van der Waals surface area contributed by atoms with Gasteiger partial charge < -0.3 is 0 Å². The van der Waals surface area contributed by atoms with Gasteiger partial charge in [-0.1, -0.05) is 25.5 Å². The summed E-state index contributed by atoms with van der Waals surface area (Å²) in [5, 5.41) is 0.311. The molecule has 10 heavy (non-hydrogen) atoms. The summed E-state index contributed by atoms with van der Waals surface area (Å²) in [4.78, 5) is 0. The van der Waals surface area contributed by atoms with Crippen molar-refractivity contribution in [1.29, 1.82) is 0 Å². The second-order valence-electron chi connectivity index (χ2n) is 3.30. The molecule has 0 radical (unpaired) electrons. The summed E-state index contributed by atoms with van der Waals surface area (Å²) in [5.74, 6) is 0.696. The molecule has 0 nitrogen and oxygen atoms in total. The van der Waals surface area contributed by atoms with Gasteiger partial charge in [0.15, 0.2) is 0 Å². The second-order valence-corrected chi connectivity index (χ2v) is 3.87. The molecule has 58 valence electrons. The van der Waals surface area contributed by atoms with Gasteiger partial charge in [0, 0.05) is 0 Å². The highest BCUT2D eigenvalue weighted by atomic mass is 35.5. The normalized spacial score (nSPS) is 26.8. The predicted octanol–water partition coefficient (Wildman–Crippen LogP) is 3.36. The van der Waals surface area contributed by atoms with Gasteiger partial charge in [0.25, 0.3) is 0 Å². The summed E-state index contributed by atoms with van der Waals surface area (Å²) in [7, 11) is 0. The minimum Gasteiger partial charge on any atom is -0.118 e. The van der Waals surface area contributed by atoms with Crippen LogP contribution in [0.4, 0.5) is 0 Å². The Morgan fingerprint density at radius 1 is 1.60 bits per heavy atom. The lowest BCUT2D eigenvalue weighted by atomic mass is 9.91. The van der Waals surface area contributed by atoms with Crippen molar-refractivity contribution >= 4 is 11.6 Å². The predicted molar refractivity (Wildman–Crippen MR) is 46.4 cm³/mol. The Labute approximate surface area is 68.3 Å². The standard InChI is InChI=1S/C9H15Cl/c1-7(2)8-4-3-5-9(10)6-8/h6-7,9H,3-5H2,1-2H3. The van der Waals surface area contributed by atoms with Crippen molar-refractivity contribution < 1.29 is 0 Å². The zero-order valence-corrected chi connectivity index (χ0v) is 7.49. The molecule has 0 amide bonds. The minimum atomic E-state index is 0.311. The number of hydrogen-bond donors (Lipinski definition) is 0. The quantitative estimate of drug-likeness (QED) is 0.406. The third-order valence-corrected chi connectivity index (χ3v) is 2.43. The van der Waals surface area contributed by atoms with E-state index in [0.29, 0.717) is 11.3 Å². The number of rotatable bonds is 1. The van der Waals surface area contributed by atoms with E-state index in [-0.39, 0.29) is 0 Å². The average Bonchev–Trinajstić information content (AvgIpc) is 1.88. The van der Waals surface area contributed by atoms with Crippen molar-refractivity contribution in [2.24, 2.45) is 5.92 Å². The Balaban J connectivity index is 2.57. The average molecular weight is 159 g/mol. The molecule has 1 aliphatic carbocycles. The van der Waals surface area contributed by atoms with Crippen molar-refractivity contribution in [2.45, 2.75) is 38.5 Å². The van der Waals surface area contributed by atoms with E-state index in [2.05, 4.69) is 19.9 Å². The Morgan fingerprint density at radius 2 is 2.30 bits per heavy atom. The van der Waals surface area contributed by atoms with Gasteiger partial charge in [-0.05, 0) is 25.2 Å². The highest BCUT2D eigenvalue weighted by molar-refractivity contribution is 6.21. The molecule has 1 heteroatoms. The molecule has 0 N–H and O–H groups in total. The molecule has 1 rings (SSSR count). The van der Waals surface area contributed by atoms with Gasteiger partial charge in [-0.25, -0.2) is 0 Å².